The lowest BCUT2D eigenvalue weighted by atomic mass is 10.2. The molecule has 0 aliphatic heterocycles. The molecular weight excluding hydrogens is 254 g/mol. The minimum absolute atomic E-state index is 0.0179. The van der Waals surface area contributed by atoms with Gasteiger partial charge in [0.15, 0.2) is 0 Å². The molecule has 0 aliphatic rings. The topological polar surface area (TPSA) is 81.2 Å². The van der Waals surface area contributed by atoms with Crippen molar-refractivity contribution in [3.8, 4) is 0 Å². The van der Waals surface area contributed by atoms with Crippen LogP contribution in [0.25, 0.3) is 0 Å². The highest BCUT2D eigenvalue weighted by atomic mass is 35.5. The van der Waals surface area contributed by atoms with Crippen LogP contribution in [0.5, 0.6) is 0 Å². The third-order valence-electron chi connectivity index (χ3n) is 1.36. The van der Waals surface area contributed by atoms with Crippen molar-refractivity contribution in [3.63, 3.8) is 0 Å². The summed E-state index contributed by atoms with van der Waals surface area (Å²) in [5.74, 6) is 0. The minimum atomic E-state index is -3.77. The van der Waals surface area contributed by atoms with Crippen LogP contribution < -0.4 is 4.89 Å². The number of nitrogens with zero attached hydrogens (tertiary/aromatic N) is 2. The molecule has 1 aromatic heterocycles. The summed E-state index contributed by atoms with van der Waals surface area (Å²) < 4.78 is 23.3. The Morgan fingerprint density at radius 2 is 1.81 bits per heavy atom. The smallest absolute Gasteiger partial charge is 0.265 e. The number of nitrogens with one attached hydrogen (secondary N) is 1. The number of sulfonamides is 1. The summed E-state index contributed by atoms with van der Waals surface area (Å²) in [6.45, 7) is 5.15. The Balaban J connectivity index is 2.83. The third kappa shape index (κ3) is 4.01. The molecule has 8 heteroatoms. The average Bonchev–Trinajstić information content (AvgIpc) is 2.15. The summed E-state index contributed by atoms with van der Waals surface area (Å²) >= 11 is 5.44. The number of hydrogen-bond acceptors (Lipinski definition) is 5. The van der Waals surface area contributed by atoms with Gasteiger partial charge in [-0.15, -0.1) is 0 Å². The monoisotopic (exact) mass is 265 g/mol. The first-order valence-electron chi connectivity index (χ1n) is 4.38. The highest BCUT2D eigenvalue weighted by Crippen LogP contribution is 2.10. The van der Waals surface area contributed by atoms with Gasteiger partial charge in [0.1, 0.15) is 4.90 Å². The first-order chi connectivity index (χ1) is 7.21. The summed E-state index contributed by atoms with van der Waals surface area (Å²) in [4.78, 5) is 14.0. The second-order valence-electron chi connectivity index (χ2n) is 3.99. The van der Waals surface area contributed by atoms with Crippen molar-refractivity contribution >= 4 is 21.6 Å². The first kappa shape index (κ1) is 13.3. The van der Waals surface area contributed by atoms with E-state index in [1.807, 2.05) is 4.89 Å². The second-order valence-corrected chi connectivity index (χ2v) is 5.97. The molecule has 0 aliphatic carbocycles. The molecule has 0 saturated heterocycles. The molecular formula is C8H12ClN3O3S. The normalized spacial score (nSPS) is 12.8. The van der Waals surface area contributed by atoms with Crippen molar-refractivity contribution in [1.82, 2.24) is 14.9 Å². The van der Waals surface area contributed by atoms with Crippen LogP contribution in [0.15, 0.2) is 17.3 Å². The first-order valence-corrected chi connectivity index (χ1v) is 6.24. The molecule has 0 amide bonds. The molecule has 1 heterocycles. The van der Waals surface area contributed by atoms with E-state index in [-0.39, 0.29) is 10.2 Å². The Morgan fingerprint density at radius 3 is 2.25 bits per heavy atom. The molecule has 1 aromatic rings. The van der Waals surface area contributed by atoms with Gasteiger partial charge in [-0.1, -0.05) is 4.89 Å². The zero-order chi connectivity index (χ0) is 12.4. The van der Waals surface area contributed by atoms with Crippen LogP contribution in [0.1, 0.15) is 20.8 Å². The Morgan fingerprint density at radius 1 is 1.31 bits per heavy atom. The van der Waals surface area contributed by atoms with Crippen LogP contribution in [-0.4, -0.2) is 24.0 Å². The van der Waals surface area contributed by atoms with Gasteiger partial charge in [-0.25, -0.2) is 18.4 Å². The maximum atomic E-state index is 11.6. The summed E-state index contributed by atoms with van der Waals surface area (Å²) in [6.07, 6.45) is 2.20. The van der Waals surface area contributed by atoms with E-state index < -0.39 is 15.6 Å². The van der Waals surface area contributed by atoms with E-state index in [1.54, 1.807) is 20.8 Å². The highest BCUT2D eigenvalue weighted by Gasteiger charge is 2.19. The average molecular weight is 266 g/mol. The fourth-order valence-corrected chi connectivity index (χ4v) is 1.60. The quantitative estimate of drug-likeness (QED) is 0.655. The third-order valence-corrected chi connectivity index (χ3v) is 2.69. The van der Waals surface area contributed by atoms with Crippen molar-refractivity contribution in [1.29, 1.82) is 0 Å². The molecule has 0 fully saturated rings. The number of hydrogen-bond donors (Lipinski definition) is 1. The fraction of sp³-hybridized carbons (Fsp3) is 0.500. The van der Waals surface area contributed by atoms with Gasteiger partial charge in [0.2, 0.25) is 5.28 Å². The van der Waals surface area contributed by atoms with E-state index in [1.165, 1.54) is 0 Å². The van der Waals surface area contributed by atoms with Crippen LogP contribution in [0.3, 0.4) is 0 Å². The van der Waals surface area contributed by atoms with Crippen molar-refractivity contribution < 1.29 is 13.3 Å². The molecule has 0 bridgehead atoms. The molecule has 0 radical (unpaired) electrons. The lowest BCUT2D eigenvalue weighted by molar-refractivity contribution is -0.0357. The van der Waals surface area contributed by atoms with Crippen LogP contribution in [-0.2, 0) is 14.9 Å². The predicted octanol–water partition coefficient (Wildman–Crippen LogP) is 1.14. The van der Waals surface area contributed by atoms with Crippen LogP contribution in [0, 0.1) is 0 Å². The van der Waals surface area contributed by atoms with Gasteiger partial charge >= 0.3 is 0 Å². The van der Waals surface area contributed by atoms with Crippen molar-refractivity contribution in [3.05, 3.63) is 17.7 Å². The van der Waals surface area contributed by atoms with Crippen molar-refractivity contribution in [2.24, 2.45) is 0 Å². The van der Waals surface area contributed by atoms with Gasteiger partial charge in [0, 0.05) is 0 Å². The largest absolute Gasteiger partial charge is 0.281 e. The molecule has 0 aromatic carbocycles. The Bertz CT molecular complexity index is 452. The SMILES string of the molecule is CC(C)(C)ONS(=O)(=O)c1cnc(Cl)nc1. The van der Waals surface area contributed by atoms with Gasteiger partial charge < -0.3 is 0 Å². The number of rotatable bonds is 3. The maximum Gasteiger partial charge on any atom is 0.265 e. The molecule has 6 nitrogen and oxygen atoms in total. The summed E-state index contributed by atoms with van der Waals surface area (Å²) in [6, 6.07) is 0. The molecule has 0 atom stereocenters. The van der Waals surface area contributed by atoms with Crippen molar-refractivity contribution in [2.75, 3.05) is 0 Å². The van der Waals surface area contributed by atoms with Crippen LogP contribution in [0.4, 0.5) is 0 Å². The van der Waals surface area contributed by atoms with E-state index in [0.29, 0.717) is 0 Å². The standard InChI is InChI=1S/C8H12ClN3O3S/c1-8(2,3)15-12-16(13,14)6-4-10-7(9)11-5-6/h4-5,12H,1-3H3. The van der Waals surface area contributed by atoms with Gasteiger partial charge in [-0.05, 0) is 32.4 Å². The van der Waals surface area contributed by atoms with Crippen LogP contribution >= 0.6 is 11.6 Å². The predicted molar refractivity (Wildman–Crippen MR) is 58.2 cm³/mol. The highest BCUT2D eigenvalue weighted by molar-refractivity contribution is 7.89. The summed E-state index contributed by atoms with van der Waals surface area (Å²) in [7, 11) is -3.77. The summed E-state index contributed by atoms with van der Waals surface area (Å²) in [5, 5.41) is -0.0179. The zero-order valence-corrected chi connectivity index (χ0v) is 10.6. The second kappa shape index (κ2) is 4.62. The molecule has 0 spiro atoms. The van der Waals surface area contributed by atoms with E-state index in [2.05, 4.69) is 9.97 Å². The van der Waals surface area contributed by atoms with E-state index in [4.69, 9.17) is 16.4 Å². The van der Waals surface area contributed by atoms with Gasteiger partial charge in [0.05, 0.1) is 18.0 Å². The van der Waals surface area contributed by atoms with E-state index in [0.717, 1.165) is 12.4 Å². The maximum absolute atomic E-state index is 11.6. The molecule has 0 unspecified atom stereocenters. The molecule has 1 rings (SSSR count). The van der Waals surface area contributed by atoms with Gasteiger partial charge in [0.25, 0.3) is 10.0 Å². The number of aromatic nitrogens is 2. The molecule has 90 valence electrons. The lowest BCUT2D eigenvalue weighted by Crippen LogP contribution is -2.33. The Kier molecular flexibility index (Phi) is 3.84. The summed E-state index contributed by atoms with van der Waals surface area (Å²) in [5.41, 5.74) is -0.625. The van der Waals surface area contributed by atoms with Gasteiger partial charge in [-0.2, -0.15) is 0 Å². The minimum Gasteiger partial charge on any atom is -0.281 e. The molecule has 0 saturated carbocycles. The number of halogens is 1. The molecule has 16 heavy (non-hydrogen) atoms. The Labute approximate surface area is 99.0 Å². The Hall–Kier alpha value is -0.760. The lowest BCUT2D eigenvalue weighted by Gasteiger charge is -2.18. The van der Waals surface area contributed by atoms with E-state index >= 15 is 0 Å². The fourth-order valence-electron chi connectivity index (χ4n) is 0.667. The van der Waals surface area contributed by atoms with Crippen molar-refractivity contribution in [2.45, 2.75) is 31.3 Å². The van der Waals surface area contributed by atoms with Gasteiger partial charge in [-0.3, -0.25) is 4.84 Å². The van der Waals surface area contributed by atoms with Crippen LogP contribution in [0.2, 0.25) is 5.28 Å². The van der Waals surface area contributed by atoms with E-state index in [9.17, 15) is 8.42 Å². The molecule has 1 N–H and O–H groups in total. The zero-order valence-electron chi connectivity index (χ0n) is 9.06.